The number of urea groups is 1. The number of hydrogen-bond acceptors (Lipinski definition) is 3. The summed E-state index contributed by atoms with van der Waals surface area (Å²) in [5, 5.41) is 6.40. The summed E-state index contributed by atoms with van der Waals surface area (Å²) in [5.74, 6) is 0. The van der Waals surface area contributed by atoms with E-state index in [4.69, 9.17) is 0 Å². The Labute approximate surface area is 116 Å². The molecule has 1 saturated heterocycles. The molecule has 1 saturated carbocycles. The third-order valence-electron chi connectivity index (χ3n) is 4.48. The summed E-state index contributed by atoms with van der Waals surface area (Å²) >= 11 is 0. The van der Waals surface area contributed by atoms with Crippen LogP contribution in [0.2, 0.25) is 0 Å². The van der Waals surface area contributed by atoms with Gasteiger partial charge in [-0.2, -0.15) is 0 Å². The van der Waals surface area contributed by atoms with Crippen LogP contribution in [0.1, 0.15) is 32.6 Å². The Balaban J connectivity index is 1.66. The molecule has 110 valence electrons. The van der Waals surface area contributed by atoms with Crippen molar-refractivity contribution in [2.24, 2.45) is 0 Å². The van der Waals surface area contributed by atoms with Crippen LogP contribution in [-0.4, -0.2) is 67.7 Å². The fraction of sp³-hybridized carbons (Fsp3) is 0.929. The highest BCUT2D eigenvalue weighted by molar-refractivity contribution is 5.76. The monoisotopic (exact) mass is 268 g/mol. The van der Waals surface area contributed by atoms with Crippen molar-refractivity contribution in [1.82, 2.24) is 20.4 Å². The highest BCUT2D eigenvalue weighted by Crippen LogP contribution is 2.22. The molecule has 0 radical (unpaired) electrons. The molecule has 5 heteroatoms. The zero-order chi connectivity index (χ0) is 13.7. The van der Waals surface area contributed by atoms with E-state index in [1.165, 1.54) is 25.7 Å². The number of nitrogens with zero attached hydrogens (tertiary/aromatic N) is 2. The van der Waals surface area contributed by atoms with Gasteiger partial charge in [-0.15, -0.1) is 0 Å². The highest BCUT2D eigenvalue weighted by Gasteiger charge is 2.25. The van der Waals surface area contributed by atoms with Gasteiger partial charge in [0.2, 0.25) is 0 Å². The van der Waals surface area contributed by atoms with Crippen LogP contribution in [0.15, 0.2) is 0 Å². The van der Waals surface area contributed by atoms with E-state index < -0.39 is 0 Å². The van der Waals surface area contributed by atoms with E-state index in [1.54, 1.807) is 0 Å². The first kappa shape index (κ1) is 14.6. The van der Waals surface area contributed by atoms with Crippen LogP contribution in [0.5, 0.6) is 0 Å². The van der Waals surface area contributed by atoms with Crippen molar-refractivity contribution in [2.45, 2.75) is 44.7 Å². The maximum Gasteiger partial charge on any atom is 0.317 e. The van der Waals surface area contributed by atoms with Gasteiger partial charge >= 0.3 is 6.03 Å². The zero-order valence-corrected chi connectivity index (χ0v) is 12.3. The molecule has 2 rings (SSSR count). The summed E-state index contributed by atoms with van der Waals surface area (Å²) in [6.07, 6.45) is 5.13. The number of amides is 2. The van der Waals surface area contributed by atoms with E-state index in [1.807, 2.05) is 4.90 Å². The number of nitrogens with one attached hydrogen (secondary N) is 2. The van der Waals surface area contributed by atoms with Crippen molar-refractivity contribution in [3.8, 4) is 0 Å². The first-order valence-electron chi connectivity index (χ1n) is 7.67. The van der Waals surface area contributed by atoms with Crippen molar-refractivity contribution >= 4 is 6.03 Å². The summed E-state index contributed by atoms with van der Waals surface area (Å²) in [6, 6.07) is 1.52. The number of carbonyl (C=O) groups excluding carboxylic acids is 1. The lowest BCUT2D eigenvalue weighted by molar-refractivity contribution is 0.158. The van der Waals surface area contributed by atoms with E-state index in [2.05, 4.69) is 29.5 Å². The lowest BCUT2D eigenvalue weighted by Crippen LogP contribution is -2.43. The molecule has 1 aliphatic heterocycles. The minimum absolute atomic E-state index is 0.101. The van der Waals surface area contributed by atoms with Crippen molar-refractivity contribution in [2.75, 3.05) is 39.8 Å². The first-order valence-corrected chi connectivity index (χ1v) is 7.67. The maximum atomic E-state index is 11.5. The molecule has 0 unspecified atom stereocenters. The van der Waals surface area contributed by atoms with Gasteiger partial charge in [0.25, 0.3) is 0 Å². The minimum atomic E-state index is 0.101. The number of rotatable bonds is 6. The molecule has 0 aromatic rings. The Morgan fingerprint density at radius 2 is 2.11 bits per heavy atom. The van der Waals surface area contributed by atoms with Crippen LogP contribution in [-0.2, 0) is 0 Å². The van der Waals surface area contributed by atoms with Gasteiger partial charge in [-0.05, 0) is 39.3 Å². The predicted octanol–water partition coefficient (Wildman–Crippen LogP) is 0.864. The van der Waals surface area contributed by atoms with Gasteiger partial charge in [0.05, 0.1) is 0 Å². The molecular weight excluding hydrogens is 240 g/mol. The second kappa shape index (κ2) is 7.10. The number of likely N-dealkylation sites (N-methyl/N-ethyl adjacent to an activating group) is 1. The Morgan fingerprint density at radius 3 is 2.68 bits per heavy atom. The minimum Gasteiger partial charge on any atom is -0.336 e. The van der Waals surface area contributed by atoms with Crippen LogP contribution in [0, 0.1) is 0 Å². The third-order valence-corrected chi connectivity index (χ3v) is 4.48. The summed E-state index contributed by atoms with van der Waals surface area (Å²) in [5.41, 5.74) is 0. The van der Waals surface area contributed by atoms with Crippen molar-refractivity contribution in [3.05, 3.63) is 0 Å². The van der Waals surface area contributed by atoms with Gasteiger partial charge in [0, 0.05) is 38.3 Å². The first-order chi connectivity index (χ1) is 9.20. The van der Waals surface area contributed by atoms with Gasteiger partial charge in [-0.3, -0.25) is 0 Å². The topological polar surface area (TPSA) is 47.6 Å². The molecule has 0 atom stereocenters. The molecule has 2 aliphatic rings. The average molecular weight is 268 g/mol. The van der Waals surface area contributed by atoms with Crippen molar-refractivity contribution in [3.63, 3.8) is 0 Å². The van der Waals surface area contributed by atoms with Crippen LogP contribution in [0.3, 0.4) is 0 Å². The lowest BCUT2D eigenvalue weighted by atomic mass is 9.90. The van der Waals surface area contributed by atoms with Crippen molar-refractivity contribution < 1.29 is 4.79 Å². The predicted molar refractivity (Wildman–Crippen MR) is 77.3 cm³/mol. The molecule has 0 aromatic carbocycles. The van der Waals surface area contributed by atoms with Gasteiger partial charge in [-0.25, -0.2) is 4.79 Å². The highest BCUT2D eigenvalue weighted by atomic mass is 16.2. The van der Waals surface area contributed by atoms with E-state index in [0.29, 0.717) is 6.04 Å². The Kier molecular flexibility index (Phi) is 5.45. The fourth-order valence-corrected chi connectivity index (χ4v) is 3.19. The number of carbonyl (C=O) groups is 1. The van der Waals surface area contributed by atoms with Crippen LogP contribution in [0.25, 0.3) is 0 Å². The lowest BCUT2D eigenvalue weighted by Gasteiger charge is -2.35. The summed E-state index contributed by atoms with van der Waals surface area (Å²) in [4.78, 5) is 15.8. The Hall–Kier alpha value is -0.810. The Bertz CT molecular complexity index is 289. The maximum absolute atomic E-state index is 11.5. The van der Waals surface area contributed by atoms with E-state index >= 15 is 0 Å². The fourth-order valence-electron chi connectivity index (χ4n) is 3.19. The molecule has 0 bridgehead atoms. The SMILES string of the molecule is CCNC1CCC(N(C)CCN2CCNC2=O)CC1. The van der Waals surface area contributed by atoms with E-state index in [-0.39, 0.29) is 6.03 Å². The van der Waals surface area contributed by atoms with E-state index in [9.17, 15) is 4.79 Å². The molecule has 2 amide bonds. The van der Waals surface area contributed by atoms with Gasteiger partial charge in [0.15, 0.2) is 0 Å². The van der Waals surface area contributed by atoms with Crippen LogP contribution >= 0.6 is 0 Å². The molecule has 5 nitrogen and oxygen atoms in total. The average Bonchev–Trinajstić information content (AvgIpc) is 2.83. The molecule has 0 spiro atoms. The normalized spacial score (nSPS) is 27.9. The summed E-state index contributed by atoms with van der Waals surface area (Å²) in [6.45, 7) is 6.77. The molecule has 19 heavy (non-hydrogen) atoms. The molecular formula is C14H28N4O. The molecule has 0 aromatic heterocycles. The largest absolute Gasteiger partial charge is 0.336 e. The standard InChI is InChI=1S/C14H28N4O/c1-3-15-12-4-6-13(7-5-12)17(2)10-11-18-9-8-16-14(18)19/h12-13,15H,3-11H2,1-2H3,(H,16,19). The zero-order valence-electron chi connectivity index (χ0n) is 12.3. The summed E-state index contributed by atoms with van der Waals surface area (Å²) < 4.78 is 0. The van der Waals surface area contributed by atoms with Gasteiger partial charge in [0.1, 0.15) is 0 Å². The quantitative estimate of drug-likeness (QED) is 0.751. The van der Waals surface area contributed by atoms with E-state index in [0.717, 1.165) is 38.8 Å². The molecule has 1 heterocycles. The van der Waals surface area contributed by atoms with Crippen molar-refractivity contribution in [1.29, 1.82) is 0 Å². The summed E-state index contributed by atoms with van der Waals surface area (Å²) in [7, 11) is 2.20. The molecule has 1 aliphatic carbocycles. The smallest absolute Gasteiger partial charge is 0.317 e. The van der Waals surface area contributed by atoms with Gasteiger partial charge < -0.3 is 20.4 Å². The number of hydrogen-bond donors (Lipinski definition) is 2. The third kappa shape index (κ3) is 4.08. The Morgan fingerprint density at radius 1 is 1.37 bits per heavy atom. The molecule has 2 N–H and O–H groups in total. The molecule has 2 fully saturated rings. The second-order valence-corrected chi connectivity index (χ2v) is 5.76. The van der Waals surface area contributed by atoms with Gasteiger partial charge in [-0.1, -0.05) is 6.92 Å². The van der Waals surface area contributed by atoms with Crippen LogP contribution < -0.4 is 10.6 Å². The van der Waals surface area contributed by atoms with Crippen LogP contribution in [0.4, 0.5) is 4.79 Å². The second-order valence-electron chi connectivity index (χ2n) is 5.76.